The van der Waals surface area contributed by atoms with Crippen molar-refractivity contribution in [3.8, 4) is 5.75 Å². The van der Waals surface area contributed by atoms with Crippen molar-refractivity contribution in [3.63, 3.8) is 0 Å². The van der Waals surface area contributed by atoms with Crippen molar-refractivity contribution in [3.05, 3.63) is 28.8 Å². The lowest BCUT2D eigenvalue weighted by atomic mass is 9.99. The molecule has 0 fully saturated rings. The van der Waals surface area contributed by atoms with Crippen molar-refractivity contribution < 1.29 is 14.3 Å². The number of ether oxygens (including phenoxy) is 2. The maximum atomic E-state index is 11.5. The van der Waals surface area contributed by atoms with Crippen molar-refractivity contribution in [1.29, 1.82) is 0 Å². The van der Waals surface area contributed by atoms with Crippen molar-refractivity contribution in [1.82, 2.24) is 0 Å². The summed E-state index contributed by atoms with van der Waals surface area (Å²) in [5.74, 6) is 0.511. The monoisotopic (exact) mass is 208 g/mol. The SMILES string of the molecule is CCc1c(C(=O)OC)ccc(OC)c1C. The van der Waals surface area contributed by atoms with Gasteiger partial charge in [-0.3, -0.25) is 0 Å². The van der Waals surface area contributed by atoms with Crippen LogP contribution in [-0.4, -0.2) is 20.2 Å². The fourth-order valence-corrected chi connectivity index (χ4v) is 1.71. The second kappa shape index (κ2) is 4.82. The van der Waals surface area contributed by atoms with Crippen LogP contribution in [0.4, 0.5) is 0 Å². The molecule has 0 aliphatic rings. The summed E-state index contributed by atoms with van der Waals surface area (Å²) in [4.78, 5) is 11.5. The van der Waals surface area contributed by atoms with E-state index in [2.05, 4.69) is 0 Å². The van der Waals surface area contributed by atoms with E-state index < -0.39 is 0 Å². The Balaban J connectivity index is 3.30. The Morgan fingerprint density at radius 1 is 1.33 bits per heavy atom. The summed E-state index contributed by atoms with van der Waals surface area (Å²) in [6.07, 6.45) is 0.785. The summed E-state index contributed by atoms with van der Waals surface area (Å²) in [6, 6.07) is 3.54. The van der Waals surface area contributed by atoms with Crippen LogP contribution < -0.4 is 4.74 Å². The van der Waals surface area contributed by atoms with Crippen molar-refractivity contribution in [2.75, 3.05) is 14.2 Å². The van der Waals surface area contributed by atoms with Gasteiger partial charge in [0.05, 0.1) is 19.8 Å². The first-order valence-corrected chi connectivity index (χ1v) is 4.90. The van der Waals surface area contributed by atoms with E-state index in [0.717, 1.165) is 23.3 Å². The first kappa shape index (κ1) is 11.6. The number of esters is 1. The summed E-state index contributed by atoms with van der Waals surface area (Å²) in [7, 11) is 3.01. The summed E-state index contributed by atoms with van der Waals surface area (Å²) < 4.78 is 9.93. The molecule has 1 aromatic carbocycles. The number of carbonyl (C=O) groups excluding carboxylic acids is 1. The Hall–Kier alpha value is -1.51. The van der Waals surface area contributed by atoms with E-state index in [0.29, 0.717) is 5.56 Å². The van der Waals surface area contributed by atoms with Crippen LogP contribution >= 0.6 is 0 Å². The average molecular weight is 208 g/mol. The van der Waals surface area contributed by atoms with Crippen molar-refractivity contribution >= 4 is 5.97 Å². The van der Waals surface area contributed by atoms with Crippen LogP contribution in [0.3, 0.4) is 0 Å². The molecule has 0 saturated heterocycles. The maximum absolute atomic E-state index is 11.5. The van der Waals surface area contributed by atoms with Gasteiger partial charge in [-0.25, -0.2) is 4.79 Å². The second-order valence-corrected chi connectivity index (χ2v) is 3.26. The van der Waals surface area contributed by atoms with E-state index in [9.17, 15) is 4.79 Å². The first-order valence-electron chi connectivity index (χ1n) is 4.90. The van der Waals surface area contributed by atoms with Gasteiger partial charge in [-0.2, -0.15) is 0 Å². The Kier molecular flexibility index (Phi) is 3.72. The molecule has 1 aromatic rings. The molecule has 3 nitrogen and oxygen atoms in total. The molecule has 0 bridgehead atoms. The molecule has 0 N–H and O–H groups in total. The van der Waals surface area contributed by atoms with Gasteiger partial charge in [0.2, 0.25) is 0 Å². The van der Waals surface area contributed by atoms with E-state index in [-0.39, 0.29) is 5.97 Å². The molecule has 82 valence electrons. The molecule has 0 radical (unpaired) electrons. The Bertz CT molecular complexity index is 369. The zero-order chi connectivity index (χ0) is 11.4. The molecule has 0 saturated carbocycles. The lowest BCUT2D eigenvalue weighted by Crippen LogP contribution is -2.07. The highest BCUT2D eigenvalue weighted by atomic mass is 16.5. The summed E-state index contributed by atoms with van der Waals surface area (Å²) >= 11 is 0. The number of hydrogen-bond donors (Lipinski definition) is 0. The first-order chi connectivity index (χ1) is 7.15. The minimum atomic E-state index is -0.294. The third-order valence-corrected chi connectivity index (χ3v) is 2.53. The van der Waals surface area contributed by atoms with E-state index in [1.165, 1.54) is 7.11 Å². The van der Waals surface area contributed by atoms with Gasteiger partial charge >= 0.3 is 5.97 Å². The molecule has 0 aliphatic carbocycles. The van der Waals surface area contributed by atoms with Gasteiger partial charge in [0, 0.05) is 0 Å². The van der Waals surface area contributed by atoms with Gasteiger partial charge in [0.1, 0.15) is 5.75 Å². The topological polar surface area (TPSA) is 35.5 Å². The largest absolute Gasteiger partial charge is 0.496 e. The normalized spacial score (nSPS) is 9.87. The van der Waals surface area contributed by atoms with Crippen LogP contribution in [0, 0.1) is 6.92 Å². The number of carbonyl (C=O) groups is 1. The van der Waals surface area contributed by atoms with E-state index >= 15 is 0 Å². The minimum Gasteiger partial charge on any atom is -0.496 e. The van der Waals surface area contributed by atoms with Gasteiger partial charge in [-0.15, -0.1) is 0 Å². The highest BCUT2D eigenvalue weighted by molar-refractivity contribution is 5.91. The Labute approximate surface area is 90.0 Å². The molecule has 0 amide bonds. The number of hydrogen-bond acceptors (Lipinski definition) is 3. The molecular formula is C12H16O3. The maximum Gasteiger partial charge on any atom is 0.338 e. The van der Waals surface area contributed by atoms with Crippen LogP contribution in [0.5, 0.6) is 5.75 Å². The molecular weight excluding hydrogens is 192 g/mol. The highest BCUT2D eigenvalue weighted by Crippen LogP contribution is 2.25. The smallest absolute Gasteiger partial charge is 0.338 e. The zero-order valence-electron chi connectivity index (χ0n) is 9.59. The predicted octanol–water partition coefficient (Wildman–Crippen LogP) is 2.35. The van der Waals surface area contributed by atoms with Crippen LogP contribution in [-0.2, 0) is 11.2 Å². The summed E-state index contributed by atoms with van der Waals surface area (Å²) in [6.45, 7) is 3.96. The van der Waals surface area contributed by atoms with E-state index in [1.54, 1.807) is 19.2 Å². The fraction of sp³-hybridized carbons (Fsp3) is 0.417. The standard InChI is InChI=1S/C12H16O3/c1-5-9-8(2)11(14-3)7-6-10(9)12(13)15-4/h6-7H,5H2,1-4H3. The molecule has 15 heavy (non-hydrogen) atoms. The van der Waals surface area contributed by atoms with E-state index in [4.69, 9.17) is 9.47 Å². The summed E-state index contributed by atoms with van der Waals surface area (Å²) in [5.41, 5.74) is 2.61. The van der Waals surface area contributed by atoms with Gasteiger partial charge in [-0.1, -0.05) is 6.92 Å². The lowest BCUT2D eigenvalue weighted by molar-refractivity contribution is 0.0599. The number of benzene rings is 1. The molecule has 0 aliphatic heterocycles. The van der Waals surface area contributed by atoms with Gasteiger partial charge in [0.15, 0.2) is 0 Å². The molecule has 3 heteroatoms. The predicted molar refractivity (Wildman–Crippen MR) is 58.4 cm³/mol. The Morgan fingerprint density at radius 2 is 2.00 bits per heavy atom. The summed E-state index contributed by atoms with van der Waals surface area (Å²) in [5, 5.41) is 0. The molecule has 1 rings (SSSR count). The van der Waals surface area contributed by atoms with E-state index in [1.807, 2.05) is 13.8 Å². The third kappa shape index (κ3) is 2.12. The number of methoxy groups -OCH3 is 2. The second-order valence-electron chi connectivity index (χ2n) is 3.26. The van der Waals surface area contributed by atoms with Crippen LogP contribution in [0.15, 0.2) is 12.1 Å². The van der Waals surface area contributed by atoms with Gasteiger partial charge in [0.25, 0.3) is 0 Å². The van der Waals surface area contributed by atoms with Crippen LogP contribution in [0.25, 0.3) is 0 Å². The zero-order valence-corrected chi connectivity index (χ0v) is 9.59. The lowest BCUT2D eigenvalue weighted by Gasteiger charge is -2.12. The molecule has 0 atom stereocenters. The van der Waals surface area contributed by atoms with Crippen molar-refractivity contribution in [2.24, 2.45) is 0 Å². The van der Waals surface area contributed by atoms with Gasteiger partial charge in [-0.05, 0) is 36.6 Å². The highest BCUT2D eigenvalue weighted by Gasteiger charge is 2.14. The van der Waals surface area contributed by atoms with Crippen molar-refractivity contribution in [2.45, 2.75) is 20.3 Å². The fourth-order valence-electron chi connectivity index (χ4n) is 1.71. The molecule has 0 spiro atoms. The van der Waals surface area contributed by atoms with Crippen LogP contribution in [0.2, 0.25) is 0 Å². The Morgan fingerprint density at radius 3 is 2.47 bits per heavy atom. The molecule has 0 heterocycles. The molecule has 0 aromatic heterocycles. The van der Waals surface area contributed by atoms with Crippen LogP contribution in [0.1, 0.15) is 28.4 Å². The van der Waals surface area contributed by atoms with Gasteiger partial charge < -0.3 is 9.47 Å². The quantitative estimate of drug-likeness (QED) is 0.715. The average Bonchev–Trinajstić information content (AvgIpc) is 2.27. The number of rotatable bonds is 3. The molecule has 0 unspecified atom stereocenters. The minimum absolute atomic E-state index is 0.294. The third-order valence-electron chi connectivity index (χ3n) is 2.53.